The molecule has 0 fully saturated rings. The highest BCUT2D eigenvalue weighted by Crippen LogP contribution is 2.29. The van der Waals surface area contributed by atoms with Crippen molar-refractivity contribution in [3.8, 4) is 11.5 Å². The second-order valence-corrected chi connectivity index (χ2v) is 5.89. The van der Waals surface area contributed by atoms with E-state index >= 15 is 0 Å². The van der Waals surface area contributed by atoms with Crippen molar-refractivity contribution < 1.29 is 14.3 Å². The van der Waals surface area contributed by atoms with Crippen molar-refractivity contribution in [2.45, 2.75) is 0 Å². The zero-order valence-corrected chi connectivity index (χ0v) is 15.4. The number of carbonyl (C=O) groups is 1. The Bertz CT molecular complexity index is 948. The molecule has 8 heteroatoms. The molecule has 2 N–H and O–H groups in total. The number of hydrogen-bond acceptors (Lipinski definition) is 6. The number of hydrogen-bond donors (Lipinski definition) is 2. The normalized spacial score (nSPS) is 10.2. The number of nitrogens with one attached hydrogen (secondary N) is 2. The second-order valence-electron chi connectivity index (χ2n) is 5.45. The fourth-order valence-corrected chi connectivity index (χ4v) is 2.51. The molecule has 138 valence electrons. The van der Waals surface area contributed by atoms with E-state index in [-0.39, 0.29) is 5.91 Å². The summed E-state index contributed by atoms with van der Waals surface area (Å²) in [6, 6.07) is 12.3. The van der Waals surface area contributed by atoms with Gasteiger partial charge in [-0.2, -0.15) is 0 Å². The van der Waals surface area contributed by atoms with Gasteiger partial charge in [0.25, 0.3) is 5.91 Å². The first-order valence-electron chi connectivity index (χ1n) is 7.97. The van der Waals surface area contributed by atoms with Gasteiger partial charge in [-0.05, 0) is 30.3 Å². The van der Waals surface area contributed by atoms with Gasteiger partial charge in [0.1, 0.15) is 0 Å². The number of benzene rings is 2. The molecule has 1 heterocycles. The second kappa shape index (κ2) is 8.37. The third-order valence-electron chi connectivity index (χ3n) is 3.64. The van der Waals surface area contributed by atoms with E-state index in [1.165, 1.54) is 19.5 Å². The Morgan fingerprint density at radius 1 is 0.963 bits per heavy atom. The van der Waals surface area contributed by atoms with Crippen molar-refractivity contribution in [3.05, 3.63) is 65.4 Å². The molecule has 0 unspecified atom stereocenters. The van der Waals surface area contributed by atoms with E-state index in [1.807, 2.05) is 12.1 Å². The first-order valence-corrected chi connectivity index (χ1v) is 8.35. The molecule has 3 rings (SSSR count). The van der Waals surface area contributed by atoms with Gasteiger partial charge in [0.2, 0.25) is 5.95 Å². The Hall–Kier alpha value is -3.32. The van der Waals surface area contributed by atoms with E-state index in [1.54, 1.807) is 37.4 Å². The number of halogens is 1. The van der Waals surface area contributed by atoms with Crippen molar-refractivity contribution in [1.82, 2.24) is 9.97 Å². The molecule has 0 aliphatic carbocycles. The highest BCUT2D eigenvalue weighted by Gasteiger charge is 2.10. The van der Waals surface area contributed by atoms with Crippen LogP contribution in [0.3, 0.4) is 0 Å². The van der Waals surface area contributed by atoms with Crippen LogP contribution in [0.4, 0.5) is 17.3 Å². The van der Waals surface area contributed by atoms with Gasteiger partial charge >= 0.3 is 0 Å². The Morgan fingerprint density at radius 2 is 1.70 bits per heavy atom. The SMILES string of the molecule is COc1ccc(NC(=O)c2cnc(Nc3cccc(Cl)c3)nc2)cc1OC. The molecular weight excluding hydrogens is 368 g/mol. The molecule has 0 saturated heterocycles. The lowest BCUT2D eigenvalue weighted by Crippen LogP contribution is -2.13. The zero-order chi connectivity index (χ0) is 19.2. The van der Waals surface area contributed by atoms with Gasteiger partial charge in [0, 0.05) is 34.9 Å². The first-order chi connectivity index (χ1) is 13.1. The smallest absolute Gasteiger partial charge is 0.258 e. The molecule has 0 radical (unpaired) electrons. The molecule has 27 heavy (non-hydrogen) atoms. The molecule has 7 nitrogen and oxygen atoms in total. The molecule has 0 aliphatic heterocycles. The van der Waals surface area contributed by atoms with Crippen molar-refractivity contribution >= 4 is 34.8 Å². The highest BCUT2D eigenvalue weighted by atomic mass is 35.5. The molecular formula is C19H17ClN4O3. The van der Waals surface area contributed by atoms with Crippen LogP contribution in [0.1, 0.15) is 10.4 Å². The lowest BCUT2D eigenvalue weighted by Gasteiger charge is -2.10. The molecule has 1 amide bonds. The van der Waals surface area contributed by atoms with Crippen LogP contribution in [0.25, 0.3) is 0 Å². The number of amides is 1. The van der Waals surface area contributed by atoms with E-state index in [2.05, 4.69) is 20.6 Å². The quantitative estimate of drug-likeness (QED) is 0.664. The molecule has 1 aromatic heterocycles. The van der Waals surface area contributed by atoms with Crippen molar-refractivity contribution in [2.75, 3.05) is 24.9 Å². The number of methoxy groups -OCH3 is 2. The molecule has 0 aliphatic rings. The standard InChI is InChI=1S/C19H17ClN4O3/c1-26-16-7-6-15(9-17(16)27-2)23-18(25)12-10-21-19(22-11-12)24-14-5-3-4-13(20)8-14/h3-11H,1-2H3,(H,23,25)(H,21,22,24). The predicted octanol–water partition coefficient (Wildman–Crippen LogP) is 4.14. The van der Waals surface area contributed by atoms with Crippen LogP contribution in [0, 0.1) is 0 Å². The summed E-state index contributed by atoms with van der Waals surface area (Å²) in [7, 11) is 3.08. The maximum Gasteiger partial charge on any atom is 0.258 e. The van der Waals surface area contributed by atoms with E-state index in [0.29, 0.717) is 33.7 Å². The van der Waals surface area contributed by atoms with Crippen LogP contribution in [0.15, 0.2) is 54.9 Å². The number of aromatic nitrogens is 2. The number of rotatable bonds is 6. The van der Waals surface area contributed by atoms with Gasteiger partial charge in [-0.1, -0.05) is 17.7 Å². The van der Waals surface area contributed by atoms with E-state index in [9.17, 15) is 4.79 Å². The van der Waals surface area contributed by atoms with E-state index < -0.39 is 0 Å². The maximum atomic E-state index is 12.4. The van der Waals surface area contributed by atoms with Gasteiger partial charge in [-0.3, -0.25) is 4.79 Å². The van der Waals surface area contributed by atoms with Gasteiger partial charge in [0.15, 0.2) is 11.5 Å². The van der Waals surface area contributed by atoms with Crippen LogP contribution in [-0.4, -0.2) is 30.1 Å². The summed E-state index contributed by atoms with van der Waals surface area (Å²) >= 11 is 5.94. The summed E-state index contributed by atoms with van der Waals surface area (Å²) in [5.74, 6) is 1.12. The summed E-state index contributed by atoms with van der Waals surface area (Å²) in [6.45, 7) is 0. The fourth-order valence-electron chi connectivity index (χ4n) is 2.32. The van der Waals surface area contributed by atoms with Gasteiger partial charge in [0.05, 0.1) is 19.8 Å². The number of ether oxygens (including phenoxy) is 2. The average Bonchev–Trinajstić information content (AvgIpc) is 2.68. The zero-order valence-electron chi connectivity index (χ0n) is 14.7. The van der Waals surface area contributed by atoms with Gasteiger partial charge < -0.3 is 20.1 Å². The predicted molar refractivity (Wildman–Crippen MR) is 104 cm³/mol. The molecule has 3 aromatic rings. The largest absolute Gasteiger partial charge is 0.493 e. The van der Waals surface area contributed by atoms with Crippen LogP contribution in [0.5, 0.6) is 11.5 Å². The lowest BCUT2D eigenvalue weighted by atomic mass is 10.2. The van der Waals surface area contributed by atoms with E-state index in [0.717, 1.165) is 5.69 Å². The monoisotopic (exact) mass is 384 g/mol. The van der Waals surface area contributed by atoms with Crippen molar-refractivity contribution in [3.63, 3.8) is 0 Å². The molecule has 2 aromatic carbocycles. The lowest BCUT2D eigenvalue weighted by molar-refractivity contribution is 0.102. The van der Waals surface area contributed by atoms with Crippen molar-refractivity contribution in [1.29, 1.82) is 0 Å². The van der Waals surface area contributed by atoms with Crippen LogP contribution >= 0.6 is 11.6 Å². The Kier molecular flexibility index (Phi) is 5.73. The summed E-state index contributed by atoms with van der Waals surface area (Å²) in [5.41, 5.74) is 1.64. The Morgan fingerprint density at radius 3 is 2.37 bits per heavy atom. The average molecular weight is 385 g/mol. The first kappa shape index (κ1) is 18.5. The molecule has 0 saturated carbocycles. The third kappa shape index (κ3) is 4.65. The van der Waals surface area contributed by atoms with Crippen LogP contribution in [0.2, 0.25) is 5.02 Å². The summed E-state index contributed by atoms with van der Waals surface area (Å²) in [4.78, 5) is 20.7. The minimum atomic E-state index is -0.337. The maximum absolute atomic E-state index is 12.4. The fraction of sp³-hybridized carbons (Fsp3) is 0.105. The number of nitrogens with zero attached hydrogens (tertiary/aromatic N) is 2. The van der Waals surface area contributed by atoms with Crippen LogP contribution < -0.4 is 20.1 Å². The Balaban J connectivity index is 1.68. The van der Waals surface area contributed by atoms with Gasteiger partial charge in [-0.25, -0.2) is 9.97 Å². The number of anilines is 3. The van der Waals surface area contributed by atoms with Gasteiger partial charge in [-0.15, -0.1) is 0 Å². The summed E-state index contributed by atoms with van der Waals surface area (Å²) < 4.78 is 10.4. The summed E-state index contributed by atoms with van der Waals surface area (Å²) in [6.07, 6.45) is 2.88. The summed E-state index contributed by atoms with van der Waals surface area (Å²) in [5, 5.41) is 6.39. The minimum Gasteiger partial charge on any atom is -0.493 e. The molecule has 0 spiro atoms. The third-order valence-corrected chi connectivity index (χ3v) is 3.87. The molecule has 0 bridgehead atoms. The van der Waals surface area contributed by atoms with Crippen LogP contribution in [-0.2, 0) is 0 Å². The van der Waals surface area contributed by atoms with Crippen molar-refractivity contribution in [2.24, 2.45) is 0 Å². The molecule has 0 atom stereocenters. The topological polar surface area (TPSA) is 85.4 Å². The Labute approximate surface area is 161 Å². The number of carbonyl (C=O) groups excluding carboxylic acids is 1. The highest BCUT2D eigenvalue weighted by molar-refractivity contribution is 6.30. The van der Waals surface area contributed by atoms with E-state index in [4.69, 9.17) is 21.1 Å². The minimum absolute atomic E-state index is 0.321.